The lowest BCUT2D eigenvalue weighted by atomic mass is 9.75. The molecule has 2 saturated heterocycles. The lowest BCUT2D eigenvalue weighted by molar-refractivity contribution is -0.146. The van der Waals surface area contributed by atoms with E-state index in [1.54, 1.807) is 26.0 Å². The maximum absolute atomic E-state index is 14.8. The number of likely N-dealkylation sites (tertiary alicyclic amines) is 2. The lowest BCUT2D eigenvalue weighted by Crippen LogP contribution is -2.67. The Hall–Kier alpha value is -7.06. The fraction of sp³-hybridized carbons (Fsp3) is 0.525. The van der Waals surface area contributed by atoms with Crippen LogP contribution in [0, 0.1) is 20.8 Å². The van der Waals surface area contributed by atoms with Crippen LogP contribution >= 0.6 is 0 Å². The molecule has 81 heavy (non-hydrogen) atoms. The molecule has 0 bridgehead atoms. The van der Waals surface area contributed by atoms with Crippen LogP contribution < -0.4 is 42.2 Å². The molecule has 0 spiro atoms. The van der Waals surface area contributed by atoms with Crippen LogP contribution in [0.1, 0.15) is 132 Å². The highest BCUT2D eigenvalue weighted by molar-refractivity contribution is 7.90. The highest BCUT2D eigenvalue weighted by atomic mass is 32.2. The zero-order valence-electron chi connectivity index (χ0n) is 47.9. The Balaban J connectivity index is 1.07. The number of carbonyl (C=O) groups is 6. The van der Waals surface area contributed by atoms with Crippen LogP contribution in [-0.4, -0.2) is 127 Å². The van der Waals surface area contributed by atoms with E-state index in [-0.39, 0.29) is 68.5 Å². The Morgan fingerprint density at radius 1 is 0.790 bits per heavy atom. The van der Waals surface area contributed by atoms with Crippen molar-refractivity contribution in [3.8, 4) is 16.9 Å². The van der Waals surface area contributed by atoms with Gasteiger partial charge >= 0.3 is 0 Å². The first-order valence-corrected chi connectivity index (χ1v) is 30.2. The summed E-state index contributed by atoms with van der Waals surface area (Å²) in [6.45, 7) is 17.6. The zero-order chi connectivity index (χ0) is 58.6. The van der Waals surface area contributed by atoms with Crippen LogP contribution in [0.4, 0.5) is 0 Å². The number of nitrogens with zero attached hydrogens (tertiary/aromatic N) is 3. The van der Waals surface area contributed by atoms with Gasteiger partial charge in [0.25, 0.3) is 10.0 Å². The molecule has 0 unspecified atom stereocenters. The summed E-state index contributed by atoms with van der Waals surface area (Å²) < 4.78 is 36.5. The number of hydrogen-bond donors (Lipinski definition) is 7. The minimum absolute atomic E-state index is 0.0288. The van der Waals surface area contributed by atoms with Crippen molar-refractivity contribution in [3.63, 3.8) is 0 Å². The number of hydrogen-bond acceptors (Lipinski definition) is 11. The fourth-order valence-electron chi connectivity index (χ4n) is 11.6. The number of carbonyl (C=O) groups excluding carboxylic acids is 6. The topological polar surface area (TPSA) is 277 Å². The maximum atomic E-state index is 14.8. The van der Waals surface area contributed by atoms with E-state index in [4.69, 9.17) is 16.2 Å². The van der Waals surface area contributed by atoms with Crippen molar-refractivity contribution in [2.24, 2.45) is 16.5 Å². The Bertz CT molecular complexity index is 2980. The predicted octanol–water partition coefficient (Wildman–Crippen LogP) is 5.36. The normalized spacial score (nSPS) is 19.2. The Morgan fingerprint density at radius 3 is 2.09 bits per heavy atom. The summed E-state index contributed by atoms with van der Waals surface area (Å²) in [7, 11) is -4.20. The molecule has 3 aliphatic heterocycles. The molecule has 7 rings (SSSR count). The van der Waals surface area contributed by atoms with Gasteiger partial charge in [0, 0.05) is 44.6 Å². The number of unbranched alkanes of at least 4 members (excludes halogenated alkanes) is 2. The summed E-state index contributed by atoms with van der Waals surface area (Å²) in [6.07, 6.45) is 10.4. The first kappa shape index (κ1) is 61.6. The van der Waals surface area contributed by atoms with E-state index >= 15 is 0 Å². The summed E-state index contributed by atoms with van der Waals surface area (Å²) in [5.74, 6) is -2.50. The summed E-state index contributed by atoms with van der Waals surface area (Å²) in [6, 6.07) is 12.7. The van der Waals surface area contributed by atoms with Crippen molar-refractivity contribution in [3.05, 3.63) is 108 Å². The number of benzene rings is 3. The number of nitrogens with two attached hydrogens (primary N) is 2. The highest BCUT2D eigenvalue weighted by Gasteiger charge is 2.50. The maximum Gasteiger partial charge on any atom is 0.264 e. The van der Waals surface area contributed by atoms with Gasteiger partial charge in [0.1, 0.15) is 41.1 Å². The van der Waals surface area contributed by atoms with Crippen molar-refractivity contribution < 1.29 is 41.9 Å². The average Bonchev–Trinajstić information content (AvgIpc) is 4.44. The first-order chi connectivity index (χ1) is 38.6. The number of amides is 6. The predicted molar refractivity (Wildman–Crippen MR) is 313 cm³/mol. The lowest BCUT2D eigenvalue weighted by Gasteiger charge is -2.43. The van der Waals surface area contributed by atoms with Crippen molar-refractivity contribution in [1.82, 2.24) is 35.8 Å². The zero-order valence-corrected chi connectivity index (χ0v) is 48.7. The second kappa shape index (κ2) is 27.1. The van der Waals surface area contributed by atoms with Crippen LogP contribution in [0.3, 0.4) is 0 Å². The van der Waals surface area contributed by atoms with Crippen LogP contribution in [0.5, 0.6) is 5.75 Å². The molecule has 438 valence electrons. The highest BCUT2D eigenvalue weighted by Crippen LogP contribution is 2.44. The second-order valence-corrected chi connectivity index (χ2v) is 24.4. The Kier molecular flexibility index (Phi) is 20.6. The van der Waals surface area contributed by atoms with Gasteiger partial charge in [-0.15, -0.1) is 13.2 Å². The number of rotatable bonds is 26. The number of allylic oxidation sites excluding steroid dienone is 2. The molecule has 0 radical (unpaired) electrons. The Labute approximate surface area is 478 Å². The van der Waals surface area contributed by atoms with E-state index in [2.05, 4.69) is 44.1 Å². The van der Waals surface area contributed by atoms with E-state index in [1.165, 1.54) is 9.80 Å². The van der Waals surface area contributed by atoms with Gasteiger partial charge in [-0.05, 0) is 158 Å². The summed E-state index contributed by atoms with van der Waals surface area (Å²) in [5, 5.41) is 11.8. The molecule has 20 heteroatoms. The molecule has 1 saturated carbocycles. The second-order valence-electron chi connectivity index (χ2n) is 22.8. The number of ether oxygens (including phenoxy) is 1. The van der Waals surface area contributed by atoms with Crippen molar-refractivity contribution in [2.45, 2.75) is 184 Å². The number of aliphatic imine (C=N–C) groups is 1. The molecule has 9 N–H and O–H groups in total. The third kappa shape index (κ3) is 14.9. The fourth-order valence-corrected chi connectivity index (χ4v) is 13.1. The molecule has 5 atom stereocenters. The van der Waals surface area contributed by atoms with Gasteiger partial charge in [-0.1, -0.05) is 66.7 Å². The SMILES string of the molecule is C=CCCCNC(=O)[C@@H]1CCCN1C(=O)[C@H](CCCN=C(N)NS(=O)(=O)c1c(C)c(C)c2c(c1C)CC(C)(C)O2)NC(=O)C1(NC(=O)[C@@H]2CCCN2C(=O)[C@H](Cc2cccc(-c3ccccc3)c2)NC(=O)[C@@H](N)CCCC=C)CCC1. The number of guanidine groups is 1. The summed E-state index contributed by atoms with van der Waals surface area (Å²) in [4.78, 5) is 93.4. The molecule has 1 aliphatic carbocycles. The summed E-state index contributed by atoms with van der Waals surface area (Å²) >= 11 is 0. The van der Waals surface area contributed by atoms with Gasteiger partial charge in [0.05, 0.1) is 10.9 Å². The van der Waals surface area contributed by atoms with Gasteiger partial charge in [-0.2, -0.15) is 0 Å². The number of nitrogens with one attached hydrogen (secondary N) is 5. The third-order valence-corrected chi connectivity index (χ3v) is 17.9. The van der Waals surface area contributed by atoms with E-state index in [0.29, 0.717) is 94.1 Å². The van der Waals surface area contributed by atoms with E-state index in [9.17, 15) is 37.2 Å². The van der Waals surface area contributed by atoms with Gasteiger partial charge in [0.15, 0.2) is 0 Å². The van der Waals surface area contributed by atoms with Gasteiger partial charge in [0.2, 0.25) is 41.4 Å². The third-order valence-electron chi connectivity index (χ3n) is 16.3. The van der Waals surface area contributed by atoms with Crippen LogP contribution in [0.2, 0.25) is 0 Å². The molecule has 6 amide bonds. The van der Waals surface area contributed by atoms with Crippen LogP contribution in [0.25, 0.3) is 11.1 Å². The molecular weight excluding hydrogens is 1050 g/mol. The van der Waals surface area contributed by atoms with E-state index in [1.807, 2.05) is 75.4 Å². The Morgan fingerprint density at radius 2 is 1.43 bits per heavy atom. The molecule has 4 aliphatic rings. The van der Waals surface area contributed by atoms with Gasteiger partial charge in [-0.3, -0.25) is 33.8 Å². The largest absolute Gasteiger partial charge is 0.487 e. The molecule has 3 aromatic carbocycles. The van der Waals surface area contributed by atoms with Crippen molar-refractivity contribution >= 4 is 51.4 Å². The molecule has 3 fully saturated rings. The smallest absolute Gasteiger partial charge is 0.264 e. The number of sulfonamides is 1. The van der Waals surface area contributed by atoms with E-state index in [0.717, 1.165) is 27.8 Å². The molecular formula is C61H84N10O9S. The number of fused-ring (bicyclic) bond motifs is 1. The average molecular weight is 1130 g/mol. The monoisotopic (exact) mass is 1130 g/mol. The molecule has 19 nitrogen and oxygen atoms in total. The van der Waals surface area contributed by atoms with Crippen LogP contribution in [-0.2, 0) is 51.6 Å². The standard InChI is InChI=1S/C61H84N10O9S/c1-8-10-13-26-46(62)53(72)66-48(37-42-22-17-25-44(36-42)43-23-14-12-15-24-43)57(76)71-35-20-29-50(71)55(74)68-61(30-21-31-61)58(77)67-47(56(75)70-34-19-28-49(70)54(73)64-32-16-11-9-2)27-18-33-65-59(63)69-81(78,79)52-40(4)39(3)51-45(41(52)5)38-60(6,7)80-51/h8-9,12,14-15,17,22-25,36,46-50H,1-2,10-11,13,16,18-21,26-35,37-38,62H2,3-7H3,(H,64,73)(H,66,72)(H,67,77)(H,68,74)(H3,63,65,69)/t46-,47-,48-,49-,50-/m0/s1. The molecule has 3 aromatic rings. The first-order valence-electron chi connectivity index (χ1n) is 28.7. The summed E-state index contributed by atoms with van der Waals surface area (Å²) in [5.41, 5.74) is 16.0. The van der Waals surface area contributed by atoms with Crippen molar-refractivity contribution in [2.75, 3.05) is 26.2 Å². The quantitative estimate of drug-likeness (QED) is 0.0233. The van der Waals surface area contributed by atoms with Crippen LogP contribution in [0.15, 0.2) is 89.8 Å². The minimum Gasteiger partial charge on any atom is -0.487 e. The minimum atomic E-state index is -4.20. The van der Waals surface area contributed by atoms with Crippen molar-refractivity contribution in [1.29, 1.82) is 0 Å². The molecule has 3 heterocycles. The van der Waals surface area contributed by atoms with E-state index < -0.39 is 80.9 Å². The van der Waals surface area contributed by atoms with Gasteiger partial charge < -0.3 is 47.3 Å². The molecule has 0 aromatic heterocycles. The van der Waals surface area contributed by atoms with Gasteiger partial charge in [-0.25, -0.2) is 13.1 Å².